The number of aromatic amines is 1. The first-order valence-corrected chi connectivity index (χ1v) is 5.05. The van der Waals surface area contributed by atoms with Crippen molar-refractivity contribution in [2.24, 2.45) is 5.10 Å². The fourth-order valence-electron chi connectivity index (χ4n) is 1.24. The van der Waals surface area contributed by atoms with Gasteiger partial charge in [0.05, 0.1) is 6.21 Å². The molecule has 5 nitrogen and oxygen atoms in total. The molecule has 0 aliphatic carbocycles. The number of aryl methyl sites for hydroxylation is 1. The van der Waals surface area contributed by atoms with Crippen LogP contribution in [0.4, 0.5) is 0 Å². The second-order valence-electron chi connectivity index (χ2n) is 3.23. The summed E-state index contributed by atoms with van der Waals surface area (Å²) in [4.78, 5) is 0. The van der Waals surface area contributed by atoms with Gasteiger partial charge >= 0.3 is 0 Å². The van der Waals surface area contributed by atoms with Crippen LogP contribution in [0.2, 0.25) is 0 Å². The summed E-state index contributed by atoms with van der Waals surface area (Å²) in [6, 6.07) is 6.80. The van der Waals surface area contributed by atoms with Crippen LogP contribution in [0.1, 0.15) is 11.4 Å². The van der Waals surface area contributed by atoms with Gasteiger partial charge in [0.25, 0.3) is 0 Å². The van der Waals surface area contributed by atoms with Crippen molar-refractivity contribution in [3.8, 4) is 5.75 Å². The van der Waals surface area contributed by atoms with Crippen molar-refractivity contribution >= 4 is 18.4 Å². The third-order valence-corrected chi connectivity index (χ3v) is 2.27. The predicted molar refractivity (Wildman–Crippen MR) is 63.2 cm³/mol. The molecule has 0 fully saturated rings. The van der Waals surface area contributed by atoms with Crippen molar-refractivity contribution in [3.05, 3.63) is 40.4 Å². The number of H-pyrrole nitrogens is 1. The lowest BCUT2D eigenvalue weighted by Gasteiger charge is -1.95. The molecular weight excluding hydrogens is 224 g/mol. The summed E-state index contributed by atoms with van der Waals surface area (Å²) in [6.45, 7) is 1.80. The van der Waals surface area contributed by atoms with Crippen LogP contribution in [-0.4, -0.2) is 26.2 Å². The van der Waals surface area contributed by atoms with Crippen LogP contribution in [-0.2, 0) is 0 Å². The Kier molecular flexibility index (Phi) is 2.82. The average molecular weight is 234 g/mol. The molecule has 0 bridgehead atoms. The van der Waals surface area contributed by atoms with Crippen LogP contribution in [0.5, 0.6) is 5.75 Å². The first kappa shape index (κ1) is 10.6. The van der Waals surface area contributed by atoms with Crippen molar-refractivity contribution in [1.82, 2.24) is 14.9 Å². The summed E-state index contributed by atoms with van der Waals surface area (Å²) in [7, 11) is 0. The zero-order chi connectivity index (χ0) is 11.5. The van der Waals surface area contributed by atoms with Crippen LogP contribution in [0.15, 0.2) is 29.4 Å². The van der Waals surface area contributed by atoms with Gasteiger partial charge in [-0.05, 0) is 36.8 Å². The van der Waals surface area contributed by atoms with Gasteiger partial charge in [0.2, 0.25) is 4.77 Å². The topological polar surface area (TPSA) is 66.2 Å². The van der Waals surface area contributed by atoms with E-state index in [0.29, 0.717) is 10.6 Å². The van der Waals surface area contributed by atoms with Crippen molar-refractivity contribution < 1.29 is 5.11 Å². The summed E-state index contributed by atoms with van der Waals surface area (Å²) in [6.07, 6.45) is 1.61. The molecule has 82 valence electrons. The molecule has 0 radical (unpaired) electrons. The molecule has 0 saturated carbocycles. The van der Waals surface area contributed by atoms with Gasteiger partial charge in [-0.1, -0.05) is 12.1 Å². The van der Waals surface area contributed by atoms with E-state index in [-0.39, 0.29) is 5.75 Å². The summed E-state index contributed by atoms with van der Waals surface area (Å²) in [5.74, 6) is 0.887. The zero-order valence-electron chi connectivity index (χ0n) is 8.58. The van der Waals surface area contributed by atoms with Crippen molar-refractivity contribution in [3.63, 3.8) is 0 Å². The third-order valence-electron chi connectivity index (χ3n) is 2.00. The minimum Gasteiger partial charge on any atom is -0.508 e. The van der Waals surface area contributed by atoms with Gasteiger partial charge in [-0.25, -0.2) is 0 Å². The Hall–Kier alpha value is -1.95. The molecule has 0 unspecified atom stereocenters. The molecule has 0 aliphatic heterocycles. The Balaban J connectivity index is 2.32. The molecule has 1 aromatic carbocycles. The van der Waals surface area contributed by atoms with E-state index in [2.05, 4.69) is 15.3 Å². The van der Waals surface area contributed by atoms with E-state index in [1.807, 2.05) is 6.07 Å². The first-order chi connectivity index (χ1) is 7.66. The highest BCUT2D eigenvalue weighted by Crippen LogP contribution is 2.09. The maximum Gasteiger partial charge on any atom is 0.216 e. The Morgan fingerprint density at radius 2 is 2.38 bits per heavy atom. The molecule has 16 heavy (non-hydrogen) atoms. The third kappa shape index (κ3) is 2.17. The van der Waals surface area contributed by atoms with Gasteiger partial charge < -0.3 is 5.11 Å². The average Bonchev–Trinajstić information content (AvgIpc) is 2.56. The summed E-state index contributed by atoms with van der Waals surface area (Å²) >= 11 is 5.00. The fourth-order valence-corrected chi connectivity index (χ4v) is 1.46. The van der Waals surface area contributed by atoms with E-state index in [9.17, 15) is 5.11 Å². The van der Waals surface area contributed by atoms with Gasteiger partial charge in [-0.3, -0.25) is 5.10 Å². The highest BCUT2D eigenvalue weighted by molar-refractivity contribution is 7.71. The van der Waals surface area contributed by atoms with Crippen LogP contribution < -0.4 is 0 Å². The normalized spacial score (nSPS) is 11.1. The van der Waals surface area contributed by atoms with E-state index in [4.69, 9.17) is 12.2 Å². The van der Waals surface area contributed by atoms with Crippen molar-refractivity contribution in [1.29, 1.82) is 0 Å². The van der Waals surface area contributed by atoms with Gasteiger partial charge in [0, 0.05) is 0 Å². The largest absolute Gasteiger partial charge is 0.508 e. The second kappa shape index (κ2) is 4.28. The van der Waals surface area contributed by atoms with Gasteiger partial charge in [-0.15, -0.1) is 0 Å². The molecule has 0 atom stereocenters. The Morgan fingerprint density at radius 1 is 1.56 bits per heavy atom. The molecule has 6 heteroatoms. The smallest absolute Gasteiger partial charge is 0.216 e. The highest BCUT2D eigenvalue weighted by atomic mass is 32.1. The van der Waals surface area contributed by atoms with Crippen molar-refractivity contribution in [2.45, 2.75) is 6.92 Å². The molecule has 0 saturated heterocycles. The second-order valence-corrected chi connectivity index (χ2v) is 3.61. The molecule has 0 spiro atoms. The predicted octanol–water partition coefficient (Wildman–Crippen LogP) is 1.84. The lowest BCUT2D eigenvalue weighted by molar-refractivity contribution is 0.475. The molecule has 1 aromatic heterocycles. The molecule has 2 rings (SSSR count). The summed E-state index contributed by atoms with van der Waals surface area (Å²) < 4.78 is 1.95. The number of phenolic OH excluding ortho intramolecular Hbond substituents is 1. The molecule has 1 heterocycles. The number of hydrogen-bond donors (Lipinski definition) is 2. The monoisotopic (exact) mass is 234 g/mol. The number of aromatic nitrogens is 3. The lowest BCUT2D eigenvalue weighted by Crippen LogP contribution is -1.93. The number of hydrogen-bond acceptors (Lipinski definition) is 4. The first-order valence-electron chi connectivity index (χ1n) is 4.64. The number of rotatable bonds is 2. The molecule has 0 amide bonds. The van der Waals surface area contributed by atoms with E-state index in [1.165, 1.54) is 4.68 Å². The minimum atomic E-state index is 0.205. The van der Waals surface area contributed by atoms with Gasteiger partial charge in [0.15, 0.2) is 0 Å². The van der Waals surface area contributed by atoms with Gasteiger partial charge in [0.1, 0.15) is 11.6 Å². The maximum absolute atomic E-state index is 9.27. The van der Waals surface area contributed by atoms with Crippen LogP contribution in [0, 0.1) is 11.7 Å². The number of aromatic hydroxyl groups is 1. The maximum atomic E-state index is 9.27. The lowest BCUT2D eigenvalue weighted by atomic mass is 10.2. The van der Waals surface area contributed by atoms with Crippen LogP contribution >= 0.6 is 12.2 Å². The zero-order valence-corrected chi connectivity index (χ0v) is 9.40. The molecular formula is C10H10N4OS. The van der Waals surface area contributed by atoms with Crippen LogP contribution in [0.3, 0.4) is 0 Å². The van der Waals surface area contributed by atoms with Crippen molar-refractivity contribution in [2.75, 3.05) is 0 Å². The number of nitrogens with zero attached hydrogens (tertiary/aromatic N) is 3. The van der Waals surface area contributed by atoms with Gasteiger partial charge in [-0.2, -0.15) is 14.9 Å². The molecule has 2 aromatic rings. The van der Waals surface area contributed by atoms with E-state index >= 15 is 0 Å². The number of nitrogens with one attached hydrogen (secondary N) is 1. The highest BCUT2D eigenvalue weighted by Gasteiger charge is 1.97. The summed E-state index contributed by atoms with van der Waals surface area (Å²) in [5.41, 5.74) is 0.794. The summed E-state index contributed by atoms with van der Waals surface area (Å²) in [5, 5.41) is 20.0. The minimum absolute atomic E-state index is 0.205. The number of benzene rings is 1. The fraction of sp³-hybridized carbons (Fsp3) is 0.100. The molecule has 2 N–H and O–H groups in total. The molecule has 0 aliphatic rings. The van der Waals surface area contributed by atoms with Crippen LogP contribution in [0.25, 0.3) is 0 Å². The van der Waals surface area contributed by atoms with E-state index < -0.39 is 0 Å². The van der Waals surface area contributed by atoms with E-state index in [0.717, 1.165) is 5.56 Å². The Morgan fingerprint density at radius 3 is 3.00 bits per heavy atom. The number of phenols is 1. The standard InChI is InChI=1S/C10H10N4OS/c1-7-12-13-10(16)14(7)11-6-8-3-2-4-9(15)5-8/h2-6,15H,1H3,(H,13,16)/b11-6+. The SMILES string of the molecule is Cc1n[nH]c(=S)n1/N=C/c1cccc(O)c1. The Bertz CT molecular complexity index is 585. The Labute approximate surface area is 97.1 Å². The quantitative estimate of drug-likeness (QED) is 0.615. The van der Waals surface area contributed by atoms with E-state index in [1.54, 1.807) is 31.3 Å².